The zero-order valence-electron chi connectivity index (χ0n) is 20.9. The van der Waals surface area contributed by atoms with Crippen molar-refractivity contribution in [3.8, 4) is 28.5 Å². The number of ether oxygens (including phenoxy) is 3. The van der Waals surface area contributed by atoms with E-state index in [9.17, 15) is 4.79 Å². The van der Waals surface area contributed by atoms with Gasteiger partial charge >= 0.3 is 6.09 Å². The molecular formula is C28H30N4O4. The van der Waals surface area contributed by atoms with Crippen LogP contribution in [0.1, 0.15) is 17.7 Å². The fourth-order valence-corrected chi connectivity index (χ4v) is 4.84. The Morgan fingerprint density at radius 1 is 1.00 bits per heavy atom. The molecule has 0 spiro atoms. The molecule has 1 aliphatic heterocycles. The molecular weight excluding hydrogens is 456 g/mol. The Hall–Kier alpha value is -4.20. The quantitative estimate of drug-likeness (QED) is 0.413. The van der Waals surface area contributed by atoms with E-state index in [1.54, 1.807) is 26.4 Å². The number of methoxy groups -OCH3 is 2. The van der Waals surface area contributed by atoms with Crippen molar-refractivity contribution in [3.63, 3.8) is 0 Å². The highest BCUT2D eigenvalue weighted by molar-refractivity contribution is 5.81. The Morgan fingerprint density at radius 3 is 2.53 bits per heavy atom. The Morgan fingerprint density at radius 2 is 1.78 bits per heavy atom. The average molecular weight is 487 g/mol. The molecule has 3 heterocycles. The summed E-state index contributed by atoms with van der Waals surface area (Å²) in [6.45, 7) is 5.61. The van der Waals surface area contributed by atoms with E-state index in [2.05, 4.69) is 29.3 Å². The van der Waals surface area contributed by atoms with Crippen LogP contribution in [-0.4, -0.2) is 49.1 Å². The van der Waals surface area contributed by atoms with Crippen LogP contribution in [0, 0.1) is 13.8 Å². The first-order chi connectivity index (χ1) is 17.5. The Bertz CT molecular complexity index is 1400. The summed E-state index contributed by atoms with van der Waals surface area (Å²) in [5, 5.41) is 7.85. The third-order valence-electron chi connectivity index (χ3n) is 6.49. The number of amides is 1. The third-order valence-corrected chi connectivity index (χ3v) is 6.49. The SMILES string of the molecule is COc1ccc(-c2c(C)cc3c(N4CC[C@@H](NC(=O)Oc5ccccc5)C4)cc(C)nn23)cc1OC. The Labute approximate surface area is 210 Å². The molecule has 0 bridgehead atoms. The van der Waals surface area contributed by atoms with E-state index in [1.165, 1.54) is 0 Å². The molecule has 2 aromatic carbocycles. The van der Waals surface area contributed by atoms with Gasteiger partial charge in [0, 0.05) is 18.7 Å². The van der Waals surface area contributed by atoms with Gasteiger partial charge in [-0.15, -0.1) is 0 Å². The minimum atomic E-state index is -0.432. The summed E-state index contributed by atoms with van der Waals surface area (Å²) in [6, 6.07) is 19.3. The van der Waals surface area contributed by atoms with E-state index in [0.29, 0.717) is 23.8 Å². The fourth-order valence-electron chi connectivity index (χ4n) is 4.84. The second-order valence-electron chi connectivity index (χ2n) is 8.99. The van der Waals surface area contributed by atoms with Gasteiger partial charge in [0.25, 0.3) is 0 Å². The van der Waals surface area contributed by atoms with Crippen LogP contribution in [0.4, 0.5) is 10.5 Å². The van der Waals surface area contributed by atoms with Crippen molar-refractivity contribution in [1.29, 1.82) is 0 Å². The number of benzene rings is 2. The number of anilines is 1. The highest BCUT2D eigenvalue weighted by atomic mass is 16.6. The number of nitrogens with one attached hydrogen (secondary N) is 1. The summed E-state index contributed by atoms with van der Waals surface area (Å²) < 4.78 is 18.4. The van der Waals surface area contributed by atoms with Crippen LogP contribution >= 0.6 is 0 Å². The van der Waals surface area contributed by atoms with Crippen molar-refractivity contribution in [3.05, 3.63) is 71.9 Å². The van der Waals surface area contributed by atoms with E-state index in [4.69, 9.17) is 19.3 Å². The smallest absolute Gasteiger partial charge is 0.412 e. The number of nitrogens with zero attached hydrogens (tertiary/aromatic N) is 3. The lowest BCUT2D eigenvalue weighted by Gasteiger charge is -2.21. The molecule has 8 nitrogen and oxygen atoms in total. The number of rotatable bonds is 6. The number of para-hydroxylation sites is 1. The van der Waals surface area contributed by atoms with Gasteiger partial charge in [-0.1, -0.05) is 18.2 Å². The first-order valence-electron chi connectivity index (χ1n) is 12.0. The molecule has 0 radical (unpaired) electrons. The summed E-state index contributed by atoms with van der Waals surface area (Å²) in [5.41, 5.74) is 6.15. The minimum Gasteiger partial charge on any atom is -0.493 e. The first kappa shape index (κ1) is 23.5. The highest BCUT2D eigenvalue weighted by Crippen LogP contribution is 2.37. The van der Waals surface area contributed by atoms with E-state index < -0.39 is 6.09 Å². The minimum absolute atomic E-state index is 0.00360. The summed E-state index contributed by atoms with van der Waals surface area (Å²) in [7, 11) is 3.27. The molecule has 4 aromatic rings. The van der Waals surface area contributed by atoms with E-state index in [0.717, 1.165) is 46.7 Å². The van der Waals surface area contributed by atoms with Crippen molar-refractivity contribution in [1.82, 2.24) is 14.9 Å². The van der Waals surface area contributed by atoms with Crippen LogP contribution in [0.2, 0.25) is 0 Å². The summed E-state index contributed by atoms with van der Waals surface area (Å²) in [4.78, 5) is 14.7. The number of carbonyl (C=O) groups excluding carboxylic acids is 1. The average Bonchev–Trinajstić information content (AvgIpc) is 3.47. The maximum absolute atomic E-state index is 12.4. The molecule has 5 rings (SSSR count). The molecule has 8 heteroatoms. The van der Waals surface area contributed by atoms with Gasteiger partial charge in [-0.25, -0.2) is 9.31 Å². The maximum Gasteiger partial charge on any atom is 0.412 e. The summed E-state index contributed by atoms with van der Waals surface area (Å²) in [6.07, 6.45) is 0.401. The van der Waals surface area contributed by atoms with Crippen molar-refractivity contribution < 1.29 is 19.0 Å². The molecule has 1 saturated heterocycles. The number of aryl methyl sites for hydroxylation is 2. The lowest BCUT2D eigenvalue weighted by Crippen LogP contribution is -2.38. The van der Waals surface area contributed by atoms with Crippen LogP contribution in [0.15, 0.2) is 60.7 Å². The van der Waals surface area contributed by atoms with Crippen molar-refractivity contribution in [2.45, 2.75) is 26.3 Å². The van der Waals surface area contributed by atoms with Gasteiger partial charge in [0.05, 0.1) is 42.9 Å². The van der Waals surface area contributed by atoms with Crippen LogP contribution in [0.5, 0.6) is 17.2 Å². The number of fused-ring (bicyclic) bond motifs is 1. The van der Waals surface area contributed by atoms with Gasteiger partial charge in [0.2, 0.25) is 0 Å². The zero-order valence-corrected chi connectivity index (χ0v) is 20.9. The van der Waals surface area contributed by atoms with Crippen molar-refractivity contribution >= 4 is 17.3 Å². The molecule has 186 valence electrons. The lowest BCUT2D eigenvalue weighted by molar-refractivity contribution is 0.197. The summed E-state index contributed by atoms with van der Waals surface area (Å²) >= 11 is 0. The first-order valence-corrected chi connectivity index (χ1v) is 12.0. The van der Waals surface area contributed by atoms with Gasteiger partial charge in [-0.2, -0.15) is 5.10 Å². The van der Waals surface area contributed by atoms with Gasteiger partial charge in [0.15, 0.2) is 11.5 Å². The largest absolute Gasteiger partial charge is 0.493 e. The monoisotopic (exact) mass is 486 g/mol. The zero-order chi connectivity index (χ0) is 25.2. The van der Waals surface area contributed by atoms with Crippen LogP contribution in [-0.2, 0) is 0 Å². The standard InChI is InChI=1S/C28H30N4O4/c1-18-14-24-23(31-13-12-21(17-31)29-28(33)36-22-8-6-5-7-9-22)15-19(2)30-32(24)27(18)20-10-11-25(34-3)26(16-20)35-4/h5-11,14-16,21H,12-13,17H2,1-4H3,(H,29,33)/t21-/m1/s1. The van der Waals surface area contributed by atoms with E-state index >= 15 is 0 Å². The highest BCUT2D eigenvalue weighted by Gasteiger charge is 2.27. The fraction of sp³-hybridized carbons (Fsp3) is 0.286. The van der Waals surface area contributed by atoms with Crippen LogP contribution in [0.3, 0.4) is 0 Å². The van der Waals surface area contributed by atoms with Crippen LogP contribution in [0.25, 0.3) is 16.8 Å². The van der Waals surface area contributed by atoms with E-state index in [1.807, 2.05) is 47.8 Å². The summed E-state index contributed by atoms with van der Waals surface area (Å²) in [5.74, 6) is 1.89. The second kappa shape index (κ2) is 9.81. The number of hydrogen-bond donors (Lipinski definition) is 1. The van der Waals surface area contributed by atoms with Crippen LogP contribution < -0.4 is 24.4 Å². The molecule has 1 atom stereocenters. The molecule has 2 aromatic heterocycles. The van der Waals surface area contributed by atoms with Gasteiger partial charge < -0.3 is 24.4 Å². The Kier molecular flexibility index (Phi) is 6.41. The van der Waals surface area contributed by atoms with Gasteiger partial charge in [-0.05, 0) is 68.3 Å². The predicted molar refractivity (Wildman–Crippen MR) is 139 cm³/mol. The molecule has 0 saturated carbocycles. The molecule has 1 N–H and O–H groups in total. The molecule has 0 aliphatic carbocycles. The Balaban J connectivity index is 1.41. The van der Waals surface area contributed by atoms with Gasteiger partial charge in [-0.3, -0.25) is 0 Å². The third kappa shape index (κ3) is 4.54. The lowest BCUT2D eigenvalue weighted by atomic mass is 10.1. The number of hydrogen-bond acceptors (Lipinski definition) is 6. The second-order valence-corrected chi connectivity index (χ2v) is 8.99. The molecule has 0 unspecified atom stereocenters. The number of carbonyl (C=O) groups is 1. The normalized spacial score (nSPS) is 15.2. The van der Waals surface area contributed by atoms with Gasteiger partial charge in [0.1, 0.15) is 5.75 Å². The van der Waals surface area contributed by atoms with E-state index in [-0.39, 0.29) is 6.04 Å². The molecule has 1 aliphatic rings. The topological polar surface area (TPSA) is 77.3 Å². The molecule has 36 heavy (non-hydrogen) atoms. The maximum atomic E-state index is 12.4. The number of aromatic nitrogens is 2. The van der Waals surface area contributed by atoms with Crippen molar-refractivity contribution in [2.24, 2.45) is 0 Å². The van der Waals surface area contributed by atoms with Crippen molar-refractivity contribution in [2.75, 3.05) is 32.2 Å². The molecule has 1 fully saturated rings. The molecule has 1 amide bonds. The predicted octanol–water partition coefficient (Wildman–Crippen LogP) is 5.00.